The lowest BCUT2D eigenvalue weighted by Crippen LogP contribution is -2.55. The van der Waals surface area contributed by atoms with E-state index in [1.54, 1.807) is 19.9 Å². The van der Waals surface area contributed by atoms with E-state index >= 15 is 0 Å². The third kappa shape index (κ3) is 7.29. The van der Waals surface area contributed by atoms with Crippen LogP contribution in [0.3, 0.4) is 0 Å². The van der Waals surface area contributed by atoms with Gasteiger partial charge in [-0.3, -0.25) is 14.4 Å². The minimum Gasteiger partial charge on any atom is -0.481 e. The lowest BCUT2D eigenvalue weighted by atomic mass is 9.84. The number of nitrogens with one attached hydrogen (secondary N) is 2. The summed E-state index contributed by atoms with van der Waals surface area (Å²) in [6, 6.07) is 5.90. The number of aromatic nitrogens is 1. The summed E-state index contributed by atoms with van der Waals surface area (Å²) < 4.78 is 43.3. The van der Waals surface area contributed by atoms with E-state index in [2.05, 4.69) is 15.2 Å². The molecular formula is C29H33Cl2F3N4O5. The van der Waals surface area contributed by atoms with Crippen LogP contribution in [0, 0.1) is 0 Å². The van der Waals surface area contributed by atoms with E-state index in [0.29, 0.717) is 24.2 Å². The number of carbonyl (C=O) groups excluding carboxylic acids is 2. The Hall–Kier alpha value is -3.25. The largest absolute Gasteiger partial charge is 0.481 e. The number of carbonyl (C=O) groups is 3. The number of carboxylic acids is 1. The first-order valence-electron chi connectivity index (χ1n) is 13.7. The molecule has 2 aliphatic rings. The minimum absolute atomic E-state index is 0.0316. The third-order valence-electron chi connectivity index (χ3n) is 7.93. The Labute approximate surface area is 257 Å². The molecule has 3 N–H and O–H groups in total. The Morgan fingerprint density at radius 3 is 2.21 bits per heavy atom. The second kappa shape index (κ2) is 12.0. The molecule has 2 fully saturated rings. The van der Waals surface area contributed by atoms with Crippen LogP contribution in [-0.4, -0.2) is 64.3 Å². The summed E-state index contributed by atoms with van der Waals surface area (Å²) in [5.74, 6) is -1.56. The predicted molar refractivity (Wildman–Crippen MR) is 155 cm³/mol. The normalized spacial score (nSPS) is 20.5. The number of carboxylic acid groups (broad SMARTS) is 1. The summed E-state index contributed by atoms with van der Waals surface area (Å²) in [5, 5.41) is 14.9. The monoisotopic (exact) mass is 644 g/mol. The lowest BCUT2D eigenvalue weighted by molar-refractivity contribution is -0.142. The number of hydrogen-bond acceptors (Lipinski definition) is 6. The molecule has 1 aromatic carbocycles. The number of hydrogen-bond donors (Lipinski definition) is 3. The zero-order chi connectivity index (χ0) is 31.9. The maximum Gasteiger partial charge on any atom is 0.405 e. The number of anilines is 1. The molecule has 2 unspecified atom stereocenters. The van der Waals surface area contributed by atoms with E-state index in [4.69, 9.17) is 27.9 Å². The highest BCUT2D eigenvalue weighted by molar-refractivity contribution is 6.36. The summed E-state index contributed by atoms with van der Waals surface area (Å²) in [5.41, 5.74) is -2.36. The highest BCUT2D eigenvalue weighted by atomic mass is 35.5. The number of benzene rings is 1. The number of rotatable bonds is 9. The van der Waals surface area contributed by atoms with Crippen LogP contribution in [0.15, 0.2) is 30.5 Å². The number of ether oxygens (including phenoxy) is 1. The van der Waals surface area contributed by atoms with Gasteiger partial charge in [0.2, 0.25) is 0 Å². The van der Waals surface area contributed by atoms with Gasteiger partial charge in [0.25, 0.3) is 11.8 Å². The Kier molecular flexibility index (Phi) is 9.14. The van der Waals surface area contributed by atoms with Crippen LogP contribution < -0.4 is 20.3 Å². The number of alkyl halides is 3. The fraction of sp³-hybridized carbons (Fsp3) is 0.517. The molecule has 0 spiro atoms. The van der Waals surface area contributed by atoms with Crippen molar-refractivity contribution in [2.24, 2.45) is 0 Å². The van der Waals surface area contributed by atoms with Gasteiger partial charge in [-0.25, -0.2) is 4.98 Å². The molecule has 234 valence electrons. The van der Waals surface area contributed by atoms with E-state index in [1.807, 2.05) is 5.32 Å². The second-order valence-electron chi connectivity index (χ2n) is 11.9. The van der Waals surface area contributed by atoms with Crippen molar-refractivity contribution in [1.29, 1.82) is 0 Å². The number of halogens is 5. The molecule has 9 nitrogen and oxygen atoms in total. The van der Waals surface area contributed by atoms with Gasteiger partial charge < -0.3 is 25.4 Å². The van der Waals surface area contributed by atoms with E-state index in [-0.39, 0.29) is 45.4 Å². The maximum atomic E-state index is 13.4. The molecule has 2 aromatic rings. The van der Waals surface area contributed by atoms with Crippen LogP contribution in [0.1, 0.15) is 69.3 Å². The van der Waals surface area contributed by atoms with E-state index in [1.165, 1.54) is 38.2 Å². The number of piperidine rings is 1. The van der Waals surface area contributed by atoms with E-state index < -0.39 is 35.6 Å². The Bertz CT molecular complexity index is 1390. The van der Waals surface area contributed by atoms with Crippen molar-refractivity contribution in [2.75, 3.05) is 11.4 Å². The van der Waals surface area contributed by atoms with E-state index in [9.17, 15) is 32.7 Å². The summed E-state index contributed by atoms with van der Waals surface area (Å²) in [7, 11) is 0. The van der Waals surface area contributed by atoms with Crippen LogP contribution in [-0.2, 0) is 15.0 Å². The SMILES string of the molecule is CC(C)(Oc1cc(C(C)(C)C(=O)O)c(Cl)cc1Cl)C(=O)NC1CC2CCC(C1)N2c1ccc(C(=O)NCC(F)(F)F)cn1. The first kappa shape index (κ1) is 32.7. The maximum absolute atomic E-state index is 13.4. The quantitative estimate of drug-likeness (QED) is 0.329. The molecule has 14 heteroatoms. The fourth-order valence-corrected chi connectivity index (χ4v) is 6.16. The van der Waals surface area contributed by atoms with Crippen molar-refractivity contribution in [3.8, 4) is 5.75 Å². The molecule has 43 heavy (non-hydrogen) atoms. The first-order valence-corrected chi connectivity index (χ1v) is 14.5. The minimum atomic E-state index is -4.51. The van der Waals surface area contributed by atoms with Crippen LogP contribution in [0.25, 0.3) is 0 Å². The fourth-order valence-electron chi connectivity index (χ4n) is 5.51. The number of fused-ring (bicyclic) bond motifs is 2. The summed E-state index contributed by atoms with van der Waals surface area (Å²) in [6.07, 6.45) is -0.239. The molecule has 1 aromatic heterocycles. The Morgan fingerprint density at radius 1 is 1.05 bits per heavy atom. The zero-order valence-electron chi connectivity index (χ0n) is 24.0. The smallest absolute Gasteiger partial charge is 0.405 e. The summed E-state index contributed by atoms with van der Waals surface area (Å²) in [6.45, 7) is 4.78. The number of pyridine rings is 1. The Morgan fingerprint density at radius 2 is 1.67 bits per heavy atom. The highest BCUT2D eigenvalue weighted by Gasteiger charge is 2.43. The molecule has 0 saturated carbocycles. The Balaban J connectivity index is 1.40. The van der Waals surface area contributed by atoms with Gasteiger partial charge in [0.1, 0.15) is 18.1 Å². The molecule has 2 amide bonds. The van der Waals surface area contributed by atoms with Crippen molar-refractivity contribution >= 4 is 46.8 Å². The number of amides is 2. The molecule has 3 heterocycles. The van der Waals surface area contributed by atoms with Crippen LogP contribution in [0.4, 0.5) is 19.0 Å². The van der Waals surface area contributed by atoms with Gasteiger partial charge in [-0.1, -0.05) is 23.2 Å². The number of nitrogens with zero attached hydrogens (tertiary/aromatic N) is 2. The molecule has 2 bridgehead atoms. The highest BCUT2D eigenvalue weighted by Crippen LogP contribution is 2.40. The molecular weight excluding hydrogens is 612 g/mol. The predicted octanol–water partition coefficient (Wildman–Crippen LogP) is 5.52. The molecule has 0 radical (unpaired) electrons. The van der Waals surface area contributed by atoms with Gasteiger partial charge in [-0.2, -0.15) is 13.2 Å². The van der Waals surface area contributed by atoms with E-state index in [0.717, 1.165) is 12.8 Å². The van der Waals surface area contributed by atoms with Gasteiger partial charge in [0.05, 0.1) is 16.0 Å². The van der Waals surface area contributed by atoms with Gasteiger partial charge in [0, 0.05) is 29.3 Å². The van der Waals surface area contributed by atoms with Crippen LogP contribution >= 0.6 is 23.2 Å². The van der Waals surface area contributed by atoms with Crippen LogP contribution in [0.5, 0.6) is 5.75 Å². The van der Waals surface area contributed by atoms with Crippen molar-refractivity contribution < 1.29 is 37.4 Å². The topological polar surface area (TPSA) is 121 Å². The molecule has 2 saturated heterocycles. The molecule has 2 atom stereocenters. The standard InChI is InChI=1S/C29H33Cl2F3N4O5/c1-27(2,26(41)42)19-11-22(21(31)12-20(19)30)43-28(3,4)25(40)37-16-9-17-6-7-18(10-16)38(17)23-8-5-15(13-35-23)24(39)36-14-29(32,33)34/h5,8,11-13,16-18H,6-7,9-10,14H2,1-4H3,(H,36,39)(H,37,40)(H,41,42). The van der Waals surface area contributed by atoms with Crippen molar-refractivity contribution in [3.63, 3.8) is 0 Å². The molecule has 2 aliphatic heterocycles. The molecule has 0 aliphatic carbocycles. The summed E-state index contributed by atoms with van der Waals surface area (Å²) >= 11 is 12.6. The van der Waals surface area contributed by atoms with Crippen molar-refractivity contribution in [1.82, 2.24) is 15.6 Å². The zero-order valence-corrected chi connectivity index (χ0v) is 25.5. The van der Waals surface area contributed by atoms with Crippen LogP contribution in [0.2, 0.25) is 10.0 Å². The van der Waals surface area contributed by atoms with Crippen molar-refractivity contribution in [3.05, 3.63) is 51.6 Å². The lowest BCUT2D eigenvalue weighted by Gasteiger charge is -2.41. The van der Waals surface area contributed by atoms with Gasteiger partial charge in [-0.05, 0) is 83.2 Å². The number of aliphatic carboxylic acids is 1. The van der Waals surface area contributed by atoms with Gasteiger partial charge in [0.15, 0.2) is 5.60 Å². The average Bonchev–Trinajstić information content (AvgIpc) is 3.18. The third-order valence-corrected chi connectivity index (χ3v) is 8.54. The van der Waals surface area contributed by atoms with Gasteiger partial charge in [-0.15, -0.1) is 0 Å². The first-order chi connectivity index (χ1) is 19.9. The van der Waals surface area contributed by atoms with Gasteiger partial charge >= 0.3 is 12.1 Å². The summed E-state index contributed by atoms with van der Waals surface area (Å²) in [4.78, 5) is 43.7. The van der Waals surface area contributed by atoms with Crippen molar-refractivity contribution in [2.45, 2.75) is 88.7 Å². The average molecular weight is 646 g/mol. The second-order valence-corrected chi connectivity index (χ2v) is 12.8. The molecule has 4 rings (SSSR count).